The van der Waals surface area contributed by atoms with E-state index >= 15 is 0 Å². The smallest absolute Gasteiger partial charge is 0.239 e. The summed E-state index contributed by atoms with van der Waals surface area (Å²) in [5, 5.41) is 6.80. The Kier molecular flexibility index (Phi) is 8.47. The average Bonchev–Trinajstić information content (AvgIpc) is 2.44. The highest BCUT2D eigenvalue weighted by molar-refractivity contribution is 6.43. The van der Waals surface area contributed by atoms with Gasteiger partial charge in [0.2, 0.25) is 5.91 Å². The molecule has 20 heavy (non-hydrogen) atoms. The lowest BCUT2D eigenvalue weighted by atomic mass is 10.1. The standard InChI is InChI=1S/C15H22Cl2N2O/c1-2-3-4-5-6-10-18-14(20)11-19-13-9-7-8-12(16)15(13)17/h7-9,19H,2-6,10-11H2,1H3,(H,18,20). The molecule has 0 aliphatic heterocycles. The first kappa shape index (κ1) is 17.1. The summed E-state index contributed by atoms with van der Waals surface area (Å²) in [4.78, 5) is 11.7. The maximum atomic E-state index is 11.7. The van der Waals surface area contributed by atoms with Gasteiger partial charge in [-0.25, -0.2) is 0 Å². The molecule has 0 saturated heterocycles. The van der Waals surface area contributed by atoms with E-state index in [2.05, 4.69) is 17.6 Å². The van der Waals surface area contributed by atoms with Gasteiger partial charge in [0.25, 0.3) is 0 Å². The van der Waals surface area contributed by atoms with Crippen LogP contribution >= 0.6 is 23.2 Å². The monoisotopic (exact) mass is 316 g/mol. The fourth-order valence-electron chi connectivity index (χ4n) is 1.83. The summed E-state index contributed by atoms with van der Waals surface area (Å²) in [6, 6.07) is 5.31. The Morgan fingerprint density at radius 1 is 1.15 bits per heavy atom. The van der Waals surface area contributed by atoms with Crippen LogP contribution in [0.1, 0.15) is 39.0 Å². The Morgan fingerprint density at radius 3 is 2.65 bits per heavy atom. The van der Waals surface area contributed by atoms with Crippen molar-refractivity contribution >= 4 is 34.8 Å². The number of amides is 1. The third-order valence-corrected chi connectivity index (χ3v) is 3.81. The first-order chi connectivity index (χ1) is 9.65. The molecule has 0 saturated carbocycles. The minimum atomic E-state index is -0.0310. The lowest BCUT2D eigenvalue weighted by Gasteiger charge is -2.09. The largest absolute Gasteiger partial charge is 0.375 e. The molecule has 0 spiro atoms. The van der Waals surface area contributed by atoms with Crippen molar-refractivity contribution in [3.05, 3.63) is 28.2 Å². The van der Waals surface area contributed by atoms with Crippen LogP contribution in [-0.2, 0) is 4.79 Å². The molecule has 112 valence electrons. The van der Waals surface area contributed by atoms with Gasteiger partial charge in [-0.3, -0.25) is 4.79 Å². The number of nitrogens with one attached hydrogen (secondary N) is 2. The second-order valence-corrected chi connectivity index (χ2v) is 5.50. The Hall–Kier alpha value is -0.930. The SMILES string of the molecule is CCCCCCCNC(=O)CNc1cccc(Cl)c1Cl. The van der Waals surface area contributed by atoms with E-state index in [1.54, 1.807) is 18.2 Å². The number of unbranched alkanes of at least 4 members (excludes halogenated alkanes) is 4. The third-order valence-electron chi connectivity index (χ3n) is 2.99. The summed E-state index contributed by atoms with van der Waals surface area (Å²) < 4.78 is 0. The lowest BCUT2D eigenvalue weighted by Crippen LogP contribution is -2.30. The van der Waals surface area contributed by atoms with E-state index < -0.39 is 0 Å². The quantitative estimate of drug-likeness (QED) is 0.659. The minimum Gasteiger partial charge on any atom is -0.375 e. The van der Waals surface area contributed by atoms with Crippen molar-refractivity contribution in [3.8, 4) is 0 Å². The van der Waals surface area contributed by atoms with Gasteiger partial charge in [0.1, 0.15) is 0 Å². The van der Waals surface area contributed by atoms with Crippen molar-refractivity contribution in [2.45, 2.75) is 39.0 Å². The van der Waals surface area contributed by atoms with Crippen LogP contribution in [0.2, 0.25) is 10.0 Å². The van der Waals surface area contributed by atoms with Crippen LogP contribution in [0.4, 0.5) is 5.69 Å². The topological polar surface area (TPSA) is 41.1 Å². The first-order valence-electron chi connectivity index (χ1n) is 7.09. The summed E-state index contributed by atoms with van der Waals surface area (Å²) in [6.07, 6.45) is 5.94. The van der Waals surface area contributed by atoms with Gasteiger partial charge in [-0.15, -0.1) is 0 Å². The molecule has 0 unspecified atom stereocenters. The van der Waals surface area contributed by atoms with Crippen LogP contribution in [0.25, 0.3) is 0 Å². The normalized spacial score (nSPS) is 10.3. The maximum absolute atomic E-state index is 11.7. The fourth-order valence-corrected chi connectivity index (χ4v) is 2.20. The average molecular weight is 317 g/mol. The predicted molar refractivity (Wildman–Crippen MR) is 86.7 cm³/mol. The van der Waals surface area contributed by atoms with E-state index in [1.165, 1.54) is 25.7 Å². The van der Waals surface area contributed by atoms with Crippen molar-refractivity contribution in [1.29, 1.82) is 0 Å². The summed E-state index contributed by atoms with van der Waals surface area (Å²) in [5.74, 6) is -0.0310. The molecule has 1 rings (SSSR count). The summed E-state index contributed by atoms with van der Waals surface area (Å²) >= 11 is 11.9. The number of rotatable bonds is 9. The third kappa shape index (κ3) is 6.49. The fraction of sp³-hybridized carbons (Fsp3) is 0.533. The molecule has 1 amide bonds. The zero-order valence-corrected chi connectivity index (χ0v) is 13.4. The first-order valence-corrected chi connectivity index (χ1v) is 7.85. The van der Waals surface area contributed by atoms with Gasteiger partial charge in [0.15, 0.2) is 0 Å². The summed E-state index contributed by atoms with van der Waals surface area (Å²) in [7, 11) is 0. The van der Waals surface area contributed by atoms with Crippen LogP contribution in [0, 0.1) is 0 Å². The molecule has 1 aromatic carbocycles. The number of carbonyl (C=O) groups is 1. The van der Waals surface area contributed by atoms with Crippen LogP contribution in [0.15, 0.2) is 18.2 Å². The highest BCUT2D eigenvalue weighted by atomic mass is 35.5. The van der Waals surface area contributed by atoms with E-state index in [9.17, 15) is 4.79 Å². The Balaban J connectivity index is 2.18. The maximum Gasteiger partial charge on any atom is 0.239 e. The molecule has 5 heteroatoms. The lowest BCUT2D eigenvalue weighted by molar-refractivity contribution is -0.119. The minimum absolute atomic E-state index is 0.0310. The molecule has 2 N–H and O–H groups in total. The molecule has 0 aliphatic carbocycles. The Bertz CT molecular complexity index is 424. The molecule has 1 aromatic rings. The van der Waals surface area contributed by atoms with E-state index in [4.69, 9.17) is 23.2 Å². The number of anilines is 1. The van der Waals surface area contributed by atoms with Gasteiger partial charge in [-0.2, -0.15) is 0 Å². The summed E-state index contributed by atoms with van der Waals surface area (Å²) in [6.45, 7) is 3.12. The molecule has 0 atom stereocenters. The molecular formula is C15H22Cl2N2O. The van der Waals surface area contributed by atoms with Crippen molar-refractivity contribution in [1.82, 2.24) is 5.32 Å². The van der Waals surface area contributed by atoms with Gasteiger partial charge in [0, 0.05) is 6.54 Å². The van der Waals surface area contributed by atoms with E-state index in [0.717, 1.165) is 13.0 Å². The van der Waals surface area contributed by atoms with Crippen molar-refractivity contribution in [3.63, 3.8) is 0 Å². The molecule has 0 bridgehead atoms. The van der Waals surface area contributed by atoms with Gasteiger partial charge in [-0.1, -0.05) is 61.9 Å². The second kappa shape index (κ2) is 9.89. The van der Waals surface area contributed by atoms with Crippen LogP contribution in [0.3, 0.4) is 0 Å². The molecule has 3 nitrogen and oxygen atoms in total. The molecule has 0 aliphatic rings. The van der Waals surface area contributed by atoms with Crippen molar-refractivity contribution in [2.75, 3.05) is 18.4 Å². The zero-order valence-electron chi connectivity index (χ0n) is 11.8. The molecule has 0 heterocycles. The van der Waals surface area contributed by atoms with E-state index in [0.29, 0.717) is 15.7 Å². The van der Waals surface area contributed by atoms with Gasteiger partial charge < -0.3 is 10.6 Å². The number of carbonyl (C=O) groups excluding carboxylic acids is 1. The Labute approximate surface area is 131 Å². The molecular weight excluding hydrogens is 295 g/mol. The van der Waals surface area contributed by atoms with Gasteiger partial charge in [0.05, 0.1) is 22.3 Å². The van der Waals surface area contributed by atoms with Crippen molar-refractivity contribution < 1.29 is 4.79 Å². The molecule has 0 fully saturated rings. The number of hydrogen-bond acceptors (Lipinski definition) is 2. The van der Waals surface area contributed by atoms with Crippen molar-refractivity contribution in [2.24, 2.45) is 0 Å². The summed E-state index contributed by atoms with van der Waals surface area (Å²) in [5.41, 5.74) is 0.678. The molecule has 0 aromatic heterocycles. The number of hydrogen-bond donors (Lipinski definition) is 2. The number of halogens is 2. The highest BCUT2D eigenvalue weighted by Gasteiger charge is 2.05. The highest BCUT2D eigenvalue weighted by Crippen LogP contribution is 2.29. The second-order valence-electron chi connectivity index (χ2n) is 4.72. The van der Waals surface area contributed by atoms with Crippen LogP contribution < -0.4 is 10.6 Å². The number of benzene rings is 1. The van der Waals surface area contributed by atoms with Gasteiger partial charge in [-0.05, 0) is 18.6 Å². The van der Waals surface area contributed by atoms with E-state index in [-0.39, 0.29) is 12.5 Å². The van der Waals surface area contributed by atoms with Crippen LogP contribution in [0.5, 0.6) is 0 Å². The van der Waals surface area contributed by atoms with E-state index in [1.807, 2.05) is 0 Å². The van der Waals surface area contributed by atoms with Gasteiger partial charge >= 0.3 is 0 Å². The Morgan fingerprint density at radius 2 is 1.90 bits per heavy atom. The zero-order chi connectivity index (χ0) is 14.8. The van der Waals surface area contributed by atoms with Crippen LogP contribution in [-0.4, -0.2) is 19.0 Å². The predicted octanol–water partition coefficient (Wildman–Crippen LogP) is 4.49. The molecule has 0 radical (unpaired) electrons.